The molecule has 20 heavy (non-hydrogen) atoms. The van der Waals surface area contributed by atoms with Crippen LogP contribution in [0.25, 0.3) is 0 Å². The Morgan fingerprint density at radius 1 is 1.15 bits per heavy atom. The first kappa shape index (κ1) is 18.2. The summed E-state index contributed by atoms with van der Waals surface area (Å²) in [5.41, 5.74) is -1.54. The van der Waals surface area contributed by atoms with E-state index in [4.69, 9.17) is 5.11 Å². The zero-order valence-electron chi connectivity index (χ0n) is 12.1. The first-order chi connectivity index (χ1) is 9.21. The summed E-state index contributed by atoms with van der Waals surface area (Å²) in [7, 11) is 0. The summed E-state index contributed by atoms with van der Waals surface area (Å²) >= 11 is 0. The fourth-order valence-electron chi connectivity index (χ4n) is 1.57. The van der Waals surface area contributed by atoms with Crippen molar-refractivity contribution in [1.82, 2.24) is 15.5 Å². The van der Waals surface area contributed by atoms with Gasteiger partial charge in [-0.3, -0.25) is 9.59 Å². The summed E-state index contributed by atoms with van der Waals surface area (Å²) in [6, 6.07) is -0.629. The van der Waals surface area contributed by atoms with Crippen molar-refractivity contribution in [3.8, 4) is 0 Å². The second-order valence-electron chi connectivity index (χ2n) is 4.67. The summed E-state index contributed by atoms with van der Waals surface area (Å²) in [6.45, 7) is 5.74. The van der Waals surface area contributed by atoms with E-state index in [2.05, 4.69) is 10.6 Å². The fourth-order valence-corrected chi connectivity index (χ4v) is 1.57. The highest BCUT2D eigenvalue weighted by atomic mass is 16.4. The Labute approximate surface area is 118 Å². The lowest BCUT2D eigenvalue weighted by atomic mass is 10.0. The predicted octanol–water partition coefficient (Wildman–Crippen LogP) is -0.620. The number of hydrogen-bond donors (Lipinski definition) is 4. The molecule has 0 fully saturated rings. The van der Waals surface area contributed by atoms with Crippen molar-refractivity contribution in [3.05, 3.63) is 0 Å². The normalized spacial score (nSPS) is 13.2. The van der Waals surface area contributed by atoms with Crippen molar-refractivity contribution in [2.24, 2.45) is 0 Å². The van der Waals surface area contributed by atoms with Gasteiger partial charge in [-0.1, -0.05) is 0 Å². The maximum Gasteiger partial charge on any atom is 0.315 e. The third kappa shape index (κ3) is 7.57. The van der Waals surface area contributed by atoms with E-state index in [1.807, 2.05) is 13.8 Å². The lowest BCUT2D eigenvalue weighted by molar-refractivity contribution is -0.141. The van der Waals surface area contributed by atoms with Gasteiger partial charge in [-0.15, -0.1) is 0 Å². The Kier molecular flexibility index (Phi) is 7.60. The molecule has 0 heterocycles. The molecule has 8 nitrogen and oxygen atoms in total. The van der Waals surface area contributed by atoms with Gasteiger partial charge in [0.1, 0.15) is 0 Å². The summed E-state index contributed by atoms with van der Waals surface area (Å²) in [6.07, 6.45) is -0.480. The van der Waals surface area contributed by atoms with Crippen molar-refractivity contribution in [3.63, 3.8) is 0 Å². The van der Waals surface area contributed by atoms with E-state index in [-0.39, 0.29) is 19.0 Å². The van der Waals surface area contributed by atoms with Crippen LogP contribution in [0.1, 0.15) is 27.2 Å². The molecule has 0 aliphatic rings. The second kappa shape index (κ2) is 8.36. The highest BCUT2D eigenvalue weighted by Gasteiger charge is 2.24. The number of hydrogen-bond acceptors (Lipinski definition) is 4. The van der Waals surface area contributed by atoms with Crippen LogP contribution >= 0.6 is 0 Å². The van der Waals surface area contributed by atoms with E-state index < -0.39 is 24.0 Å². The topological polar surface area (TPSA) is 119 Å². The second-order valence-corrected chi connectivity index (χ2v) is 4.67. The number of carbonyl (C=O) groups is 3. The molecule has 0 saturated heterocycles. The van der Waals surface area contributed by atoms with E-state index >= 15 is 0 Å². The summed E-state index contributed by atoms with van der Waals surface area (Å²) < 4.78 is 0. The van der Waals surface area contributed by atoms with Crippen molar-refractivity contribution in [2.75, 3.05) is 26.2 Å². The lowest BCUT2D eigenvalue weighted by Gasteiger charge is -2.22. The number of aliphatic hydroxyl groups is 1. The zero-order valence-corrected chi connectivity index (χ0v) is 12.1. The maximum atomic E-state index is 11.6. The van der Waals surface area contributed by atoms with Crippen LogP contribution in [0.3, 0.4) is 0 Å². The molecule has 0 aromatic heterocycles. The molecule has 0 aliphatic carbocycles. The number of aliphatic carboxylic acids is 1. The zero-order chi connectivity index (χ0) is 15.8. The van der Waals surface area contributed by atoms with Crippen LogP contribution in [-0.4, -0.2) is 64.8 Å². The molecule has 116 valence electrons. The lowest BCUT2D eigenvalue weighted by Crippen LogP contribution is -2.48. The molecule has 0 radical (unpaired) electrons. The molecular formula is C12H23N3O5. The van der Waals surface area contributed by atoms with E-state index in [9.17, 15) is 19.5 Å². The van der Waals surface area contributed by atoms with Crippen LogP contribution in [0, 0.1) is 0 Å². The number of rotatable bonds is 8. The third-order valence-corrected chi connectivity index (χ3v) is 2.68. The third-order valence-electron chi connectivity index (χ3n) is 2.68. The monoisotopic (exact) mass is 289 g/mol. The first-order valence-electron chi connectivity index (χ1n) is 6.45. The van der Waals surface area contributed by atoms with Crippen LogP contribution < -0.4 is 10.6 Å². The molecule has 0 aromatic carbocycles. The highest BCUT2D eigenvalue weighted by molar-refractivity contribution is 5.84. The molecular weight excluding hydrogens is 266 g/mol. The van der Waals surface area contributed by atoms with Gasteiger partial charge in [-0.25, -0.2) is 4.79 Å². The number of carboxylic acids is 1. The van der Waals surface area contributed by atoms with Crippen molar-refractivity contribution in [1.29, 1.82) is 0 Å². The Morgan fingerprint density at radius 3 is 2.15 bits per heavy atom. The Hall–Kier alpha value is -1.83. The van der Waals surface area contributed by atoms with E-state index in [1.165, 1.54) is 6.92 Å². The minimum Gasteiger partial charge on any atom is -0.481 e. The van der Waals surface area contributed by atoms with Crippen molar-refractivity contribution < 1.29 is 24.6 Å². The Bertz CT molecular complexity index is 353. The standard InChI is InChI=1S/C12H23N3O5/c1-4-15(5-2)9(16)7-13-11(19)14-8-12(3,20)6-10(17)18/h20H,4-8H2,1-3H3,(H,17,18)(H2,13,14,19). The van der Waals surface area contributed by atoms with Crippen molar-refractivity contribution in [2.45, 2.75) is 32.8 Å². The molecule has 0 spiro atoms. The van der Waals surface area contributed by atoms with Gasteiger partial charge in [-0.05, 0) is 20.8 Å². The maximum absolute atomic E-state index is 11.6. The fraction of sp³-hybridized carbons (Fsp3) is 0.750. The average Bonchev–Trinajstić information content (AvgIpc) is 2.34. The highest BCUT2D eigenvalue weighted by Crippen LogP contribution is 2.06. The van der Waals surface area contributed by atoms with E-state index in [1.54, 1.807) is 4.90 Å². The number of likely N-dealkylation sites (N-methyl/N-ethyl adjacent to an activating group) is 1. The molecule has 0 bridgehead atoms. The van der Waals surface area contributed by atoms with Crippen molar-refractivity contribution >= 4 is 17.9 Å². The molecule has 8 heteroatoms. The molecule has 3 amide bonds. The van der Waals surface area contributed by atoms with Crippen LogP contribution in [-0.2, 0) is 9.59 Å². The van der Waals surface area contributed by atoms with E-state index in [0.717, 1.165) is 0 Å². The summed E-state index contributed by atoms with van der Waals surface area (Å²) in [5, 5.41) is 22.9. The van der Waals surface area contributed by atoms with E-state index in [0.29, 0.717) is 13.1 Å². The first-order valence-corrected chi connectivity index (χ1v) is 6.45. The van der Waals surface area contributed by atoms with Crippen LogP contribution in [0.15, 0.2) is 0 Å². The molecule has 4 N–H and O–H groups in total. The number of urea groups is 1. The predicted molar refractivity (Wildman–Crippen MR) is 72.2 cm³/mol. The SMILES string of the molecule is CCN(CC)C(=O)CNC(=O)NCC(C)(O)CC(=O)O. The molecule has 1 atom stereocenters. The van der Waals surface area contributed by atoms with Crippen LogP contribution in [0.2, 0.25) is 0 Å². The van der Waals surface area contributed by atoms with Gasteiger partial charge >= 0.3 is 12.0 Å². The quantitative estimate of drug-likeness (QED) is 0.475. The van der Waals surface area contributed by atoms with Gasteiger partial charge in [0.05, 0.1) is 18.6 Å². The Balaban J connectivity index is 4.06. The smallest absolute Gasteiger partial charge is 0.315 e. The minimum atomic E-state index is -1.54. The molecule has 1 unspecified atom stereocenters. The summed E-state index contributed by atoms with van der Waals surface area (Å²) in [5.74, 6) is -1.36. The van der Waals surface area contributed by atoms with Gasteiger partial charge in [0.2, 0.25) is 5.91 Å². The number of carbonyl (C=O) groups excluding carboxylic acids is 2. The van der Waals surface area contributed by atoms with Crippen LogP contribution in [0.4, 0.5) is 4.79 Å². The number of nitrogens with one attached hydrogen (secondary N) is 2. The van der Waals surface area contributed by atoms with Gasteiger partial charge in [0, 0.05) is 19.6 Å². The van der Waals surface area contributed by atoms with Crippen LogP contribution in [0.5, 0.6) is 0 Å². The number of carboxylic acid groups (broad SMARTS) is 1. The molecule has 0 saturated carbocycles. The molecule has 0 rings (SSSR count). The minimum absolute atomic E-state index is 0.144. The average molecular weight is 289 g/mol. The van der Waals surface area contributed by atoms with Gasteiger partial charge < -0.3 is 25.7 Å². The van der Waals surface area contributed by atoms with Gasteiger partial charge in [0.15, 0.2) is 0 Å². The molecule has 0 aliphatic heterocycles. The largest absolute Gasteiger partial charge is 0.481 e. The number of nitrogens with zero attached hydrogens (tertiary/aromatic N) is 1. The van der Waals surface area contributed by atoms with Gasteiger partial charge in [-0.2, -0.15) is 0 Å². The summed E-state index contributed by atoms with van der Waals surface area (Å²) in [4.78, 5) is 35.1. The number of amides is 3. The Morgan fingerprint density at radius 2 is 1.70 bits per heavy atom. The molecule has 0 aromatic rings. The van der Waals surface area contributed by atoms with Gasteiger partial charge in [0.25, 0.3) is 0 Å².